The SMILES string of the molecule is COc1cccc(C(=O)N2CCN(c3ncnc4cc5c(cc34)OCCO5)CC2)c1. The Bertz CT molecular complexity index is 1100. The van der Waals surface area contributed by atoms with E-state index in [1.807, 2.05) is 35.2 Å². The Morgan fingerprint density at radius 1 is 1.00 bits per heavy atom. The van der Waals surface area contributed by atoms with Crippen LogP contribution in [-0.2, 0) is 0 Å². The van der Waals surface area contributed by atoms with Crippen LogP contribution in [0.5, 0.6) is 17.2 Å². The van der Waals surface area contributed by atoms with Crippen LogP contribution >= 0.6 is 0 Å². The van der Waals surface area contributed by atoms with Crippen molar-refractivity contribution in [2.45, 2.75) is 0 Å². The second-order valence-electron chi connectivity index (χ2n) is 7.22. The number of carbonyl (C=O) groups is 1. The maximum absolute atomic E-state index is 12.9. The Morgan fingerprint density at radius 3 is 2.53 bits per heavy atom. The van der Waals surface area contributed by atoms with E-state index in [1.165, 1.54) is 0 Å². The molecule has 1 saturated heterocycles. The summed E-state index contributed by atoms with van der Waals surface area (Å²) in [5, 5.41) is 0.925. The first-order chi connectivity index (χ1) is 14.7. The highest BCUT2D eigenvalue weighted by Gasteiger charge is 2.25. The number of piperazine rings is 1. The fourth-order valence-corrected chi connectivity index (χ4v) is 3.89. The summed E-state index contributed by atoms with van der Waals surface area (Å²) < 4.78 is 16.6. The van der Waals surface area contributed by atoms with Gasteiger partial charge >= 0.3 is 0 Å². The number of methoxy groups -OCH3 is 1. The Kier molecular flexibility index (Phi) is 4.74. The van der Waals surface area contributed by atoms with Crippen LogP contribution in [0.25, 0.3) is 10.9 Å². The van der Waals surface area contributed by atoms with E-state index in [0.717, 1.165) is 22.5 Å². The number of aromatic nitrogens is 2. The zero-order chi connectivity index (χ0) is 20.5. The molecule has 1 aromatic heterocycles. The lowest BCUT2D eigenvalue weighted by atomic mass is 10.1. The van der Waals surface area contributed by atoms with Crippen molar-refractivity contribution in [3.8, 4) is 17.2 Å². The maximum atomic E-state index is 12.9. The van der Waals surface area contributed by atoms with Gasteiger partial charge in [0.15, 0.2) is 11.5 Å². The van der Waals surface area contributed by atoms with Gasteiger partial charge in [-0.15, -0.1) is 0 Å². The first-order valence-electron chi connectivity index (χ1n) is 9.95. The van der Waals surface area contributed by atoms with Crippen molar-refractivity contribution in [2.75, 3.05) is 51.4 Å². The average Bonchev–Trinajstić information content (AvgIpc) is 2.82. The van der Waals surface area contributed by atoms with Gasteiger partial charge in [-0.25, -0.2) is 9.97 Å². The van der Waals surface area contributed by atoms with E-state index >= 15 is 0 Å². The number of rotatable bonds is 3. The zero-order valence-corrected chi connectivity index (χ0v) is 16.7. The number of anilines is 1. The summed E-state index contributed by atoms with van der Waals surface area (Å²) in [4.78, 5) is 25.9. The third-order valence-corrected chi connectivity index (χ3v) is 5.46. The number of benzene rings is 2. The molecule has 0 N–H and O–H groups in total. The quantitative estimate of drug-likeness (QED) is 0.661. The van der Waals surface area contributed by atoms with Gasteiger partial charge in [0.25, 0.3) is 5.91 Å². The number of amides is 1. The lowest BCUT2D eigenvalue weighted by Gasteiger charge is -2.36. The maximum Gasteiger partial charge on any atom is 0.254 e. The van der Waals surface area contributed by atoms with E-state index in [4.69, 9.17) is 14.2 Å². The Hall–Kier alpha value is -3.55. The highest BCUT2D eigenvalue weighted by atomic mass is 16.6. The summed E-state index contributed by atoms with van der Waals surface area (Å²) in [5.41, 5.74) is 1.46. The van der Waals surface area contributed by atoms with Crippen LogP contribution in [0.4, 0.5) is 5.82 Å². The van der Waals surface area contributed by atoms with Gasteiger partial charge in [-0.3, -0.25) is 4.79 Å². The fraction of sp³-hybridized carbons (Fsp3) is 0.318. The van der Waals surface area contributed by atoms with Gasteiger partial charge in [-0.2, -0.15) is 0 Å². The van der Waals surface area contributed by atoms with Crippen LogP contribution in [0.3, 0.4) is 0 Å². The van der Waals surface area contributed by atoms with Crippen LogP contribution in [0.15, 0.2) is 42.7 Å². The molecule has 0 atom stereocenters. The topological polar surface area (TPSA) is 77.0 Å². The number of fused-ring (bicyclic) bond motifs is 2. The second kappa shape index (κ2) is 7.70. The number of nitrogens with zero attached hydrogens (tertiary/aromatic N) is 4. The monoisotopic (exact) mass is 406 g/mol. The normalized spacial score (nSPS) is 15.9. The first kappa shape index (κ1) is 18.5. The van der Waals surface area contributed by atoms with Gasteiger partial charge in [0.05, 0.1) is 12.6 Å². The molecule has 1 amide bonds. The summed E-state index contributed by atoms with van der Waals surface area (Å²) in [6.07, 6.45) is 1.57. The van der Waals surface area contributed by atoms with Crippen molar-refractivity contribution in [2.24, 2.45) is 0 Å². The molecule has 8 nitrogen and oxygen atoms in total. The molecule has 1 fully saturated rings. The minimum absolute atomic E-state index is 0.0145. The number of ether oxygens (including phenoxy) is 3. The van der Waals surface area contributed by atoms with Gasteiger partial charge in [0.2, 0.25) is 0 Å². The third-order valence-electron chi connectivity index (χ3n) is 5.46. The fourth-order valence-electron chi connectivity index (χ4n) is 3.89. The summed E-state index contributed by atoms with van der Waals surface area (Å²) in [5.74, 6) is 2.98. The molecule has 154 valence electrons. The standard InChI is InChI=1S/C22H22N4O4/c1-28-16-4-2-3-15(11-16)22(27)26-7-5-25(6-8-26)21-17-12-19-20(30-10-9-29-19)13-18(17)23-14-24-21/h2-4,11-14H,5-10H2,1H3. The van der Waals surface area contributed by atoms with E-state index in [2.05, 4.69) is 14.9 Å². The smallest absolute Gasteiger partial charge is 0.254 e. The Balaban J connectivity index is 1.35. The van der Waals surface area contributed by atoms with Crippen molar-refractivity contribution in [1.82, 2.24) is 14.9 Å². The second-order valence-corrected chi connectivity index (χ2v) is 7.22. The molecule has 5 rings (SSSR count). The van der Waals surface area contributed by atoms with Gasteiger partial charge in [0.1, 0.15) is 31.1 Å². The summed E-state index contributed by atoms with van der Waals surface area (Å²) in [6, 6.07) is 11.1. The first-order valence-corrected chi connectivity index (χ1v) is 9.95. The molecule has 2 aliphatic heterocycles. The highest BCUT2D eigenvalue weighted by molar-refractivity contribution is 5.95. The average molecular weight is 406 g/mol. The zero-order valence-electron chi connectivity index (χ0n) is 16.7. The van der Waals surface area contributed by atoms with E-state index in [-0.39, 0.29) is 5.91 Å². The number of hydrogen-bond donors (Lipinski definition) is 0. The molecule has 0 saturated carbocycles. The largest absolute Gasteiger partial charge is 0.497 e. The minimum atomic E-state index is 0.0145. The predicted octanol–water partition coefficient (Wildman–Crippen LogP) is 2.37. The van der Waals surface area contributed by atoms with E-state index in [0.29, 0.717) is 56.5 Å². The molecule has 0 spiro atoms. The van der Waals surface area contributed by atoms with Crippen LogP contribution in [0.1, 0.15) is 10.4 Å². The van der Waals surface area contributed by atoms with Crippen molar-refractivity contribution >= 4 is 22.6 Å². The van der Waals surface area contributed by atoms with Crippen LogP contribution < -0.4 is 19.1 Å². The molecular weight excluding hydrogens is 384 g/mol. The van der Waals surface area contributed by atoms with Crippen molar-refractivity contribution in [1.29, 1.82) is 0 Å². The van der Waals surface area contributed by atoms with Gasteiger partial charge in [-0.05, 0) is 24.3 Å². The molecule has 0 aliphatic carbocycles. The summed E-state index contributed by atoms with van der Waals surface area (Å²) in [6.45, 7) is 3.69. The minimum Gasteiger partial charge on any atom is -0.497 e. The molecule has 0 radical (unpaired) electrons. The van der Waals surface area contributed by atoms with E-state index < -0.39 is 0 Å². The van der Waals surface area contributed by atoms with Crippen LogP contribution in [-0.4, -0.2) is 67.3 Å². The lowest BCUT2D eigenvalue weighted by Crippen LogP contribution is -2.49. The van der Waals surface area contributed by atoms with E-state index in [9.17, 15) is 4.79 Å². The van der Waals surface area contributed by atoms with Crippen molar-refractivity contribution in [3.05, 3.63) is 48.3 Å². The molecule has 2 aromatic carbocycles. The van der Waals surface area contributed by atoms with Gasteiger partial charge in [-0.1, -0.05) is 6.07 Å². The number of hydrogen-bond acceptors (Lipinski definition) is 7. The molecule has 0 unspecified atom stereocenters. The molecule has 3 aromatic rings. The summed E-state index contributed by atoms with van der Waals surface area (Å²) in [7, 11) is 1.60. The predicted molar refractivity (Wildman–Crippen MR) is 112 cm³/mol. The lowest BCUT2D eigenvalue weighted by molar-refractivity contribution is 0.0746. The molecular formula is C22H22N4O4. The van der Waals surface area contributed by atoms with Crippen LogP contribution in [0.2, 0.25) is 0 Å². The van der Waals surface area contributed by atoms with Crippen molar-refractivity contribution in [3.63, 3.8) is 0 Å². The molecule has 2 aliphatic rings. The molecule has 0 bridgehead atoms. The Labute approximate surface area is 174 Å². The van der Waals surface area contributed by atoms with E-state index in [1.54, 1.807) is 19.5 Å². The Morgan fingerprint density at radius 2 is 1.77 bits per heavy atom. The molecule has 8 heteroatoms. The molecule has 3 heterocycles. The summed E-state index contributed by atoms with van der Waals surface area (Å²) >= 11 is 0. The molecule has 30 heavy (non-hydrogen) atoms. The van der Waals surface area contributed by atoms with Gasteiger partial charge in [0, 0.05) is 43.2 Å². The van der Waals surface area contributed by atoms with Crippen molar-refractivity contribution < 1.29 is 19.0 Å². The van der Waals surface area contributed by atoms with Crippen LogP contribution in [0, 0.1) is 0 Å². The number of carbonyl (C=O) groups excluding carboxylic acids is 1. The third kappa shape index (κ3) is 3.34. The van der Waals surface area contributed by atoms with Gasteiger partial charge < -0.3 is 24.0 Å². The highest BCUT2D eigenvalue weighted by Crippen LogP contribution is 2.36.